The van der Waals surface area contributed by atoms with E-state index in [1.165, 1.54) is 13.2 Å². The van der Waals surface area contributed by atoms with Crippen LogP contribution in [0.15, 0.2) is 75.9 Å². The quantitative estimate of drug-likeness (QED) is 0.207. The fraction of sp³-hybridized carbons (Fsp3) is 0.192. The van der Waals surface area contributed by atoms with Gasteiger partial charge in [-0.1, -0.05) is 42.5 Å². The third-order valence-corrected chi connectivity index (χ3v) is 5.58. The molecule has 0 aliphatic heterocycles. The third kappa shape index (κ3) is 4.77. The average Bonchev–Trinajstić information content (AvgIpc) is 2.83. The second-order valence-electron chi connectivity index (χ2n) is 7.95. The van der Waals surface area contributed by atoms with Gasteiger partial charge < -0.3 is 13.9 Å². The highest BCUT2D eigenvalue weighted by Crippen LogP contribution is 2.33. The molecule has 1 heterocycles. The number of para-hydroxylation sites is 1. The number of rotatable bonds is 8. The summed E-state index contributed by atoms with van der Waals surface area (Å²) in [6, 6.07) is 19.5. The highest BCUT2D eigenvalue weighted by molar-refractivity contribution is 5.84. The number of methoxy groups -OCH3 is 2. The summed E-state index contributed by atoms with van der Waals surface area (Å²) in [4.78, 5) is 25.5. The van der Waals surface area contributed by atoms with E-state index in [1.807, 2.05) is 36.2 Å². The Balaban J connectivity index is 1.55. The van der Waals surface area contributed by atoms with Crippen LogP contribution in [0.4, 0.5) is 5.69 Å². The molecule has 0 fully saturated rings. The van der Waals surface area contributed by atoms with Crippen molar-refractivity contribution in [2.45, 2.75) is 13.1 Å². The van der Waals surface area contributed by atoms with Gasteiger partial charge in [0.1, 0.15) is 5.58 Å². The van der Waals surface area contributed by atoms with Crippen LogP contribution in [-0.4, -0.2) is 31.1 Å². The molecule has 3 aromatic carbocycles. The minimum absolute atomic E-state index is 0.113. The molecule has 1 aromatic heterocycles. The Labute approximate surface area is 196 Å². The van der Waals surface area contributed by atoms with Gasteiger partial charge >= 0.3 is 5.63 Å². The number of nitro benzene ring substituents is 1. The van der Waals surface area contributed by atoms with Crippen molar-refractivity contribution in [2.75, 3.05) is 21.3 Å². The third-order valence-electron chi connectivity index (χ3n) is 5.58. The zero-order valence-corrected chi connectivity index (χ0v) is 19.1. The van der Waals surface area contributed by atoms with Crippen LogP contribution in [0.25, 0.3) is 22.1 Å². The Kier molecular flexibility index (Phi) is 6.60. The molecule has 0 aliphatic carbocycles. The number of ether oxygens (including phenoxy) is 2. The summed E-state index contributed by atoms with van der Waals surface area (Å²) in [7, 11) is 4.98. The molecular formula is C26H24N2O6. The number of nitro groups is 1. The molecule has 34 heavy (non-hydrogen) atoms. The van der Waals surface area contributed by atoms with Crippen molar-refractivity contribution in [1.29, 1.82) is 0 Å². The molecule has 0 aliphatic rings. The lowest BCUT2D eigenvalue weighted by Gasteiger charge is -2.17. The average molecular weight is 460 g/mol. The van der Waals surface area contributed by atoms with Gasteiger partial charge in [0.2, 0.25) is 0 Å². The summed E-state index contributed by atoms with van der Waals surface area (Å²) in [5.74, 6) is 1.03. The first-order valence-corrected chi connectivity index (χ1v) is 10.6. The molecule has 0 atom stereocenters. The van der Waals surface area contributed by atoms with Gasteiger partial charge in [0.05, 0.1) is 24.7 Å². The second-order valence-corrected chi connectivity index (χ2v) is 7.95. The summed E-state index contributed by atoms with van der Waals surface area (Å²) < 4.78 is 16.2. The zero-order chi connectivity index (χ0) is 24.2. The Morgan fingerprint density at radius 3 is 2.29 bits per heavy atom. The largest absolute Gasteiger partial charge is 0.493 e. The van der Waals surface area contributed by atoms with E-state index >= 15 is 0 Å². The summed E-state index contributed by atoms with van der Waals surface area (Å²) in [6.07, 6.45) is 0. The monoisotopic (exact) mass is 460 g/mol. The van der Waals surface area contributed by atoms with Gasteiger partial charge in [-0.25, -0.2) is 4.79 Å². The van der Waals surface area contributed by atoms with E-state index in [0.29, 0.717) is 41.3 Å². The maximum atomic E-state index is 12.6. The number of benzene rings is 3. The molecule has 8 nitrogen and oxygen atoms in total. The number of fused-ring (bicyclic) bond motifs is 1. The van der Waals surface area contributed by atoms with E-state index in [-0.39, 0.29) is 10.6 Å². The van der Waals surface area contributed by atoms with Gasteiger partial charge in [0.15, 0.2) is 11.5 Å². The number of nitrogens with zero attached hydrogens (tertiary/aromatic N) is 2. The zero-order valence-electron chi connectivity index (χ0n) is 19.1. The number of hydrogen-bond donors (Lipinski definition) is 0. The minimum Gasteiger partial charge on any atom is -0.493 e. The molecule has 4 aromatic rings. The number of hydrogen-bond acceptors (Lipinski definition) is 7. The SMILES string of the molecule is COc1cc2cc(-c3ccc(CN(C)Cc4ccccc4[N+](=O)[O-])cc3)c(=O)oc2cc1OC. The van der Waals surface area contributed by atoms with Crippen molar-refractivity contribution in [1.82, 2.24) is 4.90 Å². The first-order chi connectivity index (χ1) is 16.4. The van der Waals surface area contributed by atoms with Gasteiger partial charge in [0.25, 0.3) is 5.69 Å². The summed E-state index contributed by atoms with van der Waals surface area (Å²) in [5.41, 5.74) is 2.94. The molecule has 0 N–H and O–H groups in total. The first kappa shape index (κ1) is 23.0. The Bertz CT molecular complexity index is 1400. The van der Waals surface area contributed by atoms with Crippen LogP contribution in [-0.2, 0) is 13.1 Å². The summed E-state index contributed by atoms with van der Waals surface area (Å²) >= 11 is 0. The molecule has 0 unspecified atom stereocenters. The van der Waals surface area contributed by atoms with E-state index in [2.05, 4.69) is 0 Å². The maximum absolute atomic E-state index is 12.6. The van der Waals surface area contributed by atoms with Gasteiger partial charge in [-0.15, -0.1) is 0 Å². The van der Waals surface area contributed by atoms with Gasteiger partial charge in [0, 0.05) is 36.2 Å². The van der Waals surface area contributed by atoms with Gasteiger partial charge in [-0.3, -0.25) is 15.0 Å². The van der Waals surface area contributed by atoms with Crippen molar-refractivity contribution in [3.05, 3.63) is 98.4 Å². The minimum atomic E-state index is -0.444. The molecule has 0 amide bonds. The van der Waals surface area contributed by atoms with Crippen LogP contribution in [0.3, 0.4) is 0 Å². The molecule has 0 spiro atoms. The molecule has 0 saturated heterocycles. The Hall–Kier alpha value is -4.17. The molecule has 0 bridgehead atoms. The summed E-state index contributed by atoms with van der Waals surface area (Å²) in [6.45, 7) is 1.04. The highest BCUT2D eigenvalue weighted by atomic mass is 16.6. The molecule has 0 radical (unpaired) electrons. The molecule has 174 valence electrons. The standard InChI is InChI=1S/C26H24N2O6/c1-27(16-19-6-4-5-7-22(19)28(30)31)15-17-8-10-18(11-9-17)21-12-20-13-24(32-2)25(33-3)14-23(20)34-26(21)29/h4-14H,15-16H2,1-3H3. The fourth-order valence-electron chi connectivity index (χ4n) is 3.92. The fourth-order valence-corrected chi connectivity index (χ4v) is 3.92. The van der Waals surface area contributed by atoms with Gasteiger partial charge in [-0.05, 0) is 30.3 Å². The molecule has 0 saturated carbocycles. The van der Waals surface area contributed by atoms with Crippen LogP contribution < -0.4 is 15.1 Å². The van der Waals surface area contributed by atoms with Crippen molar-refractivity contribution >= 4 is 16.7 Å². The van der Waals surface area contributed by atoms with E-state index in [9.17, 15) is 14.9 Å². The summed E-state index contributed by atoms with van der Waals surface area (Å²) in [5, 5.41) is 12.0. The van der Waals surface area contributed by atoms with E-state index in [0.717, 1.165) is 16.5 Å². The molecule has 4 rings (SSSR count). The van der Waals surface area contributed by atoms with Crippen LogP contribution in [0.5, 0.6) is 11.5 Å². The normalized spacial score (nSPS) is 11.1. The van der Waals surface area contributed by atoms with Gasteiger partial charge in [-0.2, -0.15) is 0 Å². The Morgan fingerprint density at radius 2 is 1.62 bits per heavy atom. The van der Waals surface area contributed by atoms with E-state index in [1.54, 1.807) is 43.5 Å². The molecular weight excluding hydrogens is 436 g/mol. The Morgan fingerprint density at radius 1 is 0.941 bits per heavy atom. The topological polar surface area (TPSA) is 95.1 Å². The van der Waals surface area contributed by atoms with Crippen molar-refractivity contribution < 1.29 is 18.8 Å². The second kappa shape index (κ2) is 9.76. The van der Waals surface area contributed by atoms with Crippen LogP contribution in [0.2, 0.25) is 0 Å². The maximum Gasteiger partial charge on any atom is 0.344 e. The highest BCUT2D eigenvalue weighted by Gasteiger charge is 2.15. The lowest BCUT2D eigenvalue weighted by molar-refractivity contribution is -0.385. The lowest BCUT2D eigenvalue weighted by atomic mass is 10.0. The first-order valence-electron chi connectivity index (χ1n) is 10.6. The van der Waals surface area contributed by atoms with Crippen LogP contribution in [0.1, 0.15) is 11.1 Å². The van der Waals surface area contributed by atoms with E-state index in [4.69, 9.17) is 13.9 Å². The van der Waals surface area contributed by atoms with E-state index < -0.39 is 5.63 Å². The predicted molar refractivity (Wildman–Crippen MR) is 129 cm³/mol. The van der Waals surface area contributed by atoms with Crippen LogP contribution in [0, 0.1) is 10.1 Å². The predicted octanol–water partition coefficient (Wildman–Crippen LogP) is 5.02. The van der Waals surface area contributed by atoms with Crippen LogP contribution >= 0.6 is 0 Å². The smallest absolute Gasteiger partial charge is 0.344 e. The molecule has 8 heteroatoms. The van der Waals surface area contributed by atoms with Crippen molar-refractivity contribution in [3.8, 4) is 22.6 Å². The van der Waals surface area contributed by atoms with Crippen molar-refractivity contribution in [2.24, 2.45) is 0 Å². The lowest BCUT2D eigenvalue weighted by Crippen LogP contribution is -2.18. The van der Waals surface area contributed by atoms with Crippen molar-refractivity contribution in [3.63, 3.8) is 0 Å².